The molecule has 1 aromatic rings. The number of aliphatic hydroxyl groups is 1. The molecule has 21 heavy (non-hydrogen) atoms. The third kappa shape index (κ3) is 3.84. The molecule has 5 heteroatoms. The molecule has 1 N–H and O–H groups in total. The van der Waals surface area contributed by atoms with Crippen LogP contribution in [0.4, 0.5) is 0 Å². The van der Waals surface area contributed by atoms with Crippen LogP contribution in [0.15, 0.2) is 29.2 Å². The van der Waals surface area contributed by atoms with E-state index < -0.39 is 10.0 Å². The minimum Gasteiger partial charge on any atom is -0.396 e. The van der Waals surface area contributed by atoms with Crippen molar-refractivity contribution in [2.75, 3.05) is 13.2 Å². The fraction of sp³-hybridized carbons (Fsp3) is 0.625. The third-order valence-electron chi connectivity index (χ3n) is 4.20. The Morgan fingerprint density at radius 2 is 1.81 bits per heavy atom. The number of aliphatic hydroxyl groups excluding tert-OH is 1. The molecule has 4 nitrogen and oxygen atoms in total. The molecule has 1 saturated carbocycles. The Labute approximate surface area is 127 Å². The van der Waals surface area contributed by atoms with E-state index in [4.69, 9.17) is 5.11 Å². The number of benzene rings is 1. The summed E-state index contributed by atoms with van der Waals surface area (Å²) in [5.41, 5.74) is 1.06. The van der Waals surface area contributed by atoms with Crippen molar-refractivity contribution >= 4 is 10.0 Å². The summed E-state index contributed by atoms with van der Waals surface area (Å²) < 4.78 is 27.2. The zero-order chi connectivity index (χ0) is 15.3. The Bertz CT molecular complexity index is 533. The van der Waals surface area contributed by atoms with Gasteiger partial charge in [0.15, 0.2) is 0 Å². The fourth-order valence-corrected chi connectivity index (χ4v) is 4.76. The normalized spacial score (nSPS) is 16.7. The summed E-state index contributed by atoms with van der Waals surface area (Å²) in [6.45, 7) is 2.59. The summed E-state index contributed by atoms with van der Waals surface area (Å²) in [5.74, 6) is 0. The highest BCUT2D eigenvalue weighted by molar-refractivity contribution is 7.89. The van der Waals surface area contributed by atoms with Crippen LogP contribution in [0.5, 0.6) is 0 Å². The predicted molar refractivity (Wildman–Crippen MR) is 83.7 cm³/mol. The van der Waals surface area contributed by atoms with Crippen LogP contribution in [0.3, 0.4) is 0 Å². The van der Waals surface area contributed by atoms with E-state index in [0.29, 0.717) is 17.9 Å². The molecule has 0 atom stereocenters. The third-order valence-corrected chi connectivity index (χ3v) is 6.24. The van der Waals surface area contributed by atoms with Crippen molar-refractivity contribution in [1.29, 1.82) is 0 Å². The van der Waals surface area contributed by atoms with E-state index in [1.807, 2.05) is 19.1 Å². The van der Waals surface area contributed by atoms with Crippen molar-refractivity contribution < 1.29 is 13.5 Å². The first-order chi connectivity index (χ1) is 10.1. The minimum absolute atomic E-state index is 0.158. The smallest absolute Gasteiger partial charge is 0.243 e. The van der Waals surface area contributed by atoms with E-state index in [0.717, 1.165) is 37.7 Å². The van der Waals surface area contributed by atoms with Gasteiger partial charge in [0.2, 0.25) is 10.0 Å². The zero-order valence-corrected chi connectivity index (χ0v) is 13.5. The second kappa shape index (κ2) is 7.38. The summed E-state index contributed by atoms with van der Waals surface area (Å²) in [5, 5.41) is 8.83. The SMILES string of the molecule is CCN(C1CCCC1)S(=O)(=O)c1ccc(CCCO)cc1. The Kier molecular flexibility index (Phi) is 5.79. The van der Waals surface area contributed by atoms with Gasteiger partial charge in [-0.25, -0.2) is 8.42 Å². The summed E-state index contributed by atoms with van der Waals surface area (Å²) in [6.07, 6.45) is 5.67. The fourth-order valence-electron chi connectivity index (χ4n) is 3.06. The van der Waals surface area contributed by atoms with Gasteiger partial charge in [0.25, 0.3) is 0 Å². The molecule has 0 spiro atoms. The van der Waals surface area contributed by atoms with Crippen LogP contribution in [-0.2, 0) is 16.4 Å². The van der Waals surface area contributed by atoms with Gasteiger partial charge in [-0.05, 0) is 43.4 Å². The first-order valence-corrected chi connectivity index (χ1v) is 9.25. The van der Waals surface area contributed by atoms with Gasteiger partial charge in [-0.15, -0.1) is 0 Å². The molecule has 0 aromatic heterocycles. The van der Waals surface area contributed by atoms with Crippen LogP contribution in [0, 0.1) is 0 Å². The molecule has 0 radical (unpaired) electrons. The molecular formula is C16H25NO3S. The molecule has 1 aromatic carbocycles. The van der Waals surface area contributed by atoms with Crippen LogP contribution < -0.4 is 0 Å². The Morgan fingerprint density at radius 1 is 1.19 bits per heavy atom. The molecule has 1 fully saturated rings. The van der Waals surface area contributed by atoms with Gasteiger partial charge in [-0.1, -0.05) is 31.9 Å². The topological polar surface area (TPSA) is 57.6 Å². The van der Waals surface area contributed by atoms with Gasteiger partial charge in [-0.2, -0.15) is 4.31 Å². The lowest BCUT2D eigenvalue weighted by Crippen LogP contribution is -2.38. The van der Waals surface area contributed by atoms with Crippen LogP contribution in [0.2, 0.25) is 0 Å². The van der Waals surface area contributed by atoms with Crippen molar-refractivity contribution in [3.05, 3.63) is 29.8 Å². The van der Waals surface area contributed by atoms with Gasteiger partial charge in [-0.3, -0.25) is 0 Å². The van der Waals surface area contributed by atoms with E-state index >= 15 is 0 Å². The highest BCUT2D eigenvalue weighted by Gasteiger charge is 2.31. The molecule has 1 aliphatic carbocycles. The highest BCUT2D eigenvalue weighted by atomic mass is 32.2. The lowest BCUT2D eigenvalue weighted by atomic mass is 10.1. The average molecular weight is 311 g/mol. The summed E-state index contributed by atoms with van der Waals surface area (Å²) in [6, 6.07) is 7.25. The molecule has 0 heterocycles. The van der Waals surface area contributed by atoms with Gasteiger partial charge >= 0.3 is 0 Å². The number of aryl methyl sites for hydroxylation is 1. The van der Waals surface area contributed by atoms with E-state index in [9.17, 15) is 8.42 Å². The largest absolute Gasteiger partial charge is 0.396 e. The van der Waals surface area contributed by atoms with Gasteiger partial charge in [0, 0.05) is 19.2 Å². The van der Waals surface area contributed by atoms with Crippen molar-refractivity contribution in [2.45, 2.75) is 56.4 Å². The lowest BCUT2D eigenvalue weighted by Gasteiger charge is -2.26. The summed E-state index contributed by atoms with van der Waals surface area (Å²) >= 11 is 0. The van der Waals surface area contributed by atoms with E-state index in [2.05, 4.69) is 0 Å². The Hall–Kier alpha value is -0.910. The second-order valence-corrected chi connectivity index (χ2v) is 7.51. The van der Waals surface area contributed by atoms with Crippen molar-refractivity contribution in [3.8, 4) is 0 Å². The molecule has 0 unspecified atom stereocenters. The van der Waals surface area contributed by atoms with E-state index in [1.54, 1.807) is 16.4 Å². The Balaban J connectivity index is 2.17. The van der Waals surface area contributed by atoms with Gasteiger partial charge in [0.1, 0.15) is 0 Å². The second-order valence-electron chi connectivity index (χ2n) is 5.62. The summed E-state index contributed by atoms with van der Waals surface area (Å²) in [4.78, 5) is 0.379. The maximum absolute atomic E-state index is 12.8. The molecular weight excluding hydrogens is 286 g/mol. The Morgan fingerprint density at radius 3 is 2.33 bits per heavy atom. The van der Waals surface area contributed by atoms with Gasteiger partial charge < -0.3 is 5.11 Å². The monoisotopic (exact) mass is 311 g/mol. The maximum Gasteiger partial charge on any atom is 0.243 e. The van der Waals surface area contributed by atoms with Crippen molar-refractivity contribution in [3.63, 3.8) is 0 Å². The predicted octanol–water partition coefficient (Wildman–Crippen LogP) is 2.56. The molecule has 0 amide bonds. The van der Waals surface area contributed by atoms with Crippen LogP contribution in [0.25, 0.3) is 0 Å². The number of rotatable bonds is 7. The van der Waals surface area contributed by atoms with E-state index in [1.165, 1.54) is 0 Å². The van der Waals surface area contributed by atoms with Crippen molar-refractivity contribution in [1.82, 2.24) is 4.31 Å². The molecule has 0 saturated heterocycles. The number of hydrogen-bond acceptors (Lipinski definition) is 3. The molecule has 118 valence electrons. The average Bonchev–Trinajstić information content (AvgIpc) is 3.00. The molecule has 0 aliphatic heterocycles. The first kappa shape index (κ1) is 16.5. The molecule has 0 bridgehead atoms. The van der Waals surface area contributed by atoms with Crippen molar-refractivity contribution in [2.24, 2.45) is 0 Å². The van der Waals surface area contributed by atoms with Crippen LogP contribution in [0.1, 0.15) is 44.6 Å². The van der Waals surface area contributed by atoms with Crippen LogP contribution in [-0.4, -0.2) is 37.0 Å². The van der Waals surface area contributed by atoms with Crippen LogP contribution >= 0.6 is 0 Å². The number of nitrogens with zero attached hydrogens (tertiary/aromatic N) is 1. The number of hydrogen-bond donors (Lipinski definition) is 1. The lowest BCUT2D eigenvalue weighted by molar-refractivity contribution is 0.288. The zero-order valence-electron chi connectivity index (χ0n) is 12.7. The van der Waals surface area contributed by atoms with Gasteiger partial charge in [0.05, 0.1) is 4.90 Å². The quantitative estimate of drug-likeness (QED) is 0.842. The minimum atomic E-state index is -3.39. The summed E-state index contributed by atoms with van der Waals surface area (Å²) in [7, 11) is -3.39. The first-order valence-electron chi connectivity index (χ1n) is 7.81. The maximum atomic E-state index is 12.8. The highest BCUT2D eigenvalue weighted by Crippen LogP contribution is 2.28. The number of sulfonamides is 1. The molecule has 2 rings (SSSR count). The molecule has 1 aliphatic rings. The van der Waals surface area contributed by atoms with E-state index in [-0.39, 0.29) is 12.6 Å². The standard InChI is InChI=1S/C16H25NO3S/c1-2-17(15-7-3-4-8-15)21(19,20)16-11-9-14(10-12-16)6-5-13-18/h9-12,15,18H,2-8,13H2,1H3.